The van der Waals surface area contributed by atoms with Crippen molar-refractivity contribution in [2.75, 3.05) is 11.9 Å². The Hall–Kier alpha value is -1.03. The molecule has 0 saturated carbocycles. The summed E-state index contributed by atoms with van der Waals surface area (Å²) >= 11 is 0. The minimum Gasteiger partial charge on any atom is -0.392 e. The van der Waals surface area contributed by atoms with Gasteiger partial charge in [0.1, 0.15) is 0 Å². The Kier molecular flexibility index (Phi) is 2.93. The zero-order valence-electron chi connectivity index (χ0n) is 8.63. The van der Waals surface area contributed by atoms with Crippen LogP contribution in [0.15, 0.2) is 0 Å². The molecule has 0 aliphatic rings. The van der Waals surface area contributed by atoms with Crippen molar-refractivity contribution in [2.24, 2.45) is 7.05 Å². The molecule has 1 heterocycles. The van der Waals surface area contributed by atoms with Gasteiger partial charge in [0, 0.05) is 13.6 Å². The molecule has 1 atom stereocenters. The quantitative estimate of drug-likeness (QED) is 0.729. The van der Waals surface area contributed by atoms with Crippen LogP contribution in [0.25, 0.3) is 0 Å². The summed E-state index contributed by atoms with van der Waals surface area (Å²) in [4.78, 5) is 0. The van der Waals surface area contributed by atoms with Crippen LogP contribution in [0, 0.1) is 13.8 Å². The van der Waals surface area contributed by atoms with Gasteiger partial charge in [0.15, 0.2) is 0 Å². The molecule has 2 N–H and O–H groups in total. The molecule has 0 amide bonds. The van der Waals surface area contributed by atoms with Crippen LogP contribution in [0.2, 0.25) is 0 Å². The van der Waals surface area contributed by atoms with E-state index in [4.69, 9.17) is 5.11 Å². The molecule has 13 heavy (non-hydrogen) atoms. The number of aromatic nitrogens is 2. The topological polar surface area (TPSA) is 50.1 Å². The fraction of sp³-hybridized carbons (Fsp3) is 0.667. The van der Waals surface area contributed by atoms with Gasteiger partial charge in [-0.25, -0.2) is 0 Å². The van der Waals surface area contributed by atoms with Crippen LogP contribution in [0.5, 0.6) is 0 Å². The molecular weight excluding hydrogens is 166 g/mol. The summed E-state index contributed by atoms with van der Waals surface area (Å²) in [6, 6.07) is 0. The third-order valence-electron chi connectivity index (χ3n) is 2.08. The van der Waals surface area contributed by atoms with Gasteiger partial charge >= 0.3 is 0 Å². The summed E-state index contributed by atoms with van der Waals surface area (Å²) in [5.74, 6) is 0. The van der Waals surface area contributed by atoms with Crippen LogP contribution < -0.4 is 5.32 Å². The maximum absolute atomic E-state index is 9.11. The average Bonchev–Trinajstić information content (AvgIpc) is 2.24. The van der Waals surface area contributed by atoms with Crippen molar-refractivity contribution in [3.05, 3.63) is 11.4 Å². The Labute approximate surface area is 78.6 Å². The number of aliphatic hydroxyl groups excluding tert-OH is 1. The van der Waals surface area contributed by atoms with E-state index in [1.807, 2.05) is 25.6 Å². The highest BCUT2D eigenvalue weighted by molar-refractivity contribution is 5.51. The first-order valence-electron chi connectivity index (χ1n) is 4.44. The monoisotopic (exact) mass is 183 g/mol. The largest absolute Gasteiger partial charge is 0.392 e. The van der Waals surface area contributed by atoms with Crippen LogP contribution in [0.4, 0.5) is 5.69 Å². The van der Waals surface area contributed by atoms with Gasteiger partial charge in [-0.3, -0.25) is 4.68 Å². The molecule has 0 saturated heterocycles. The fourth-order valence-corrected chi connectivity index (χ4v) is 1.28. The molecule has 1 aromatic heterocycles. The summed E-state index contributed by atoms with van der Waals surface area (Å²) in [6.45, 7) is 6.28. The highest BCUT2D eigenvalue weighted by Crippen LogP contribution is 2.17. The van der Waals surface area contributed by atoms with E-state index in [0.29, 0.717) is 6.54 Å². The Morgan fingerprint density at radius 3 is 2.54 bits per heavy atom. The van der Waals surface area contributed by atoms with Crippen molar-refractivity contribution in [1.82, 2.24) is 9.78 Å². The van der Waals surface area contributed by atoms with E-state index < -0.39 is 0 Å². The van der Waals surface area contributed by atoms with Gasteiger partial charge in [-0.1, -0.05) is 0 Å². The van der Waals surface area contributed by atoms with Crippen molar-refractivity contribution in [2.45, 2.75) is 26.9 Å². The van der Waals surface area contributed by atoms with Gasteiger partial charge in [-0.2, -0.15) is 5.10 Å². The second-order valence-corrected chi connectivity index (χ2v) is 3.40. The number of nitrogens with one attached hydrogen (secondary N) is 1. The minimum atomic E-state index is -0.334. The summed E-state index contributed by atoms with van der Waals surface area (Å²) in [5, 5.41) is 16.5. The van der Waals surface area contributed by atoms with Crippen LogP contribution in [0.1, 0.15) is 18.3 Å². The summed E-state index contributed by atoms with van der Waals surface area (Å²) in [5.41, 5.74) is 3.10. The Bertz CT molecular complexity index is 291. The third kappa shape index (κ3) is 2.21. The third-order valence-corrected chi connectivity index (χ3v) is 2.08. The number of anilines is 1. The molecule has 1 rings (SSSR count). The van der Waals surface area contributed by atoms with E-state index in [-0.39, 0.29) is 6.10 Å². The minimum absolute atomic E-state index is 0.334. The number of hydrogen-bond donors (Lipinski definition) is 2. The van der Waals surface area contributed by atoms with Crippen LogP contribution >= 0.6 is 0 Å². The first-order chi connectivity index (χ1) is 6.02. The van der Waals surface area contributed by atoms with Crippen molar-refractivity contribution in [1.29, 1.82) is 0 Å². The van der Waals surface area contributed by atoms with E-state index in [2.05, 4.69) is 10.4 Å². The summed E-state index contributed by atoms with van der Waals surface area (Å²) < 4.78 is 1.83. The Morgan fingerprint density at radius 2 is 2.15 bits per heavy atom. The van der Waals surface area contributed by atoms with Crippen molar-refractivity contribution in [3.8, 4) is 0 Å². The van der Waals surface area contributed by atoms with Crippen LogP contribution in [-0.2, 0) is 7.05 Å². The number of nitrogens with zero attached hydrogens (tertiary/aromatic N) is 2. The molecule has 1 unspecified atom stereocenters. The van der Waals surface area contributed by atoms with E-state index >= 15 is 0 Å². The Morgan fingerprint density at radius 1 is 1.54 bits per heavy atom. The van der Waals surface area contributed by atoms with Crippen LogP contribution in [0.3, 0.4) is 0 Å². The lowest BCUT2D eigenvalue weighted by Gasteiger charge is -2.08. The predicted octanol–water partition coefficient (Wildman–Crippen LogP) is 0.830. The lowest BCUT2D eigenvalue weighted by atomic mass is 10.3. The molecular formula is C9H17N3O. The summed E-state index contributed by atoms with van der Waals surface area (Å²) in [6.07, 6.45) is -0.334. The molecule has 4 nitrogen and oxygen atoms in total. The number of aryl methyl sites for hydroxylation is 2. The van der Waals surface area contributed by atoms with Crippen LogP contribution in [-0.4, -0.2) is 27.5 Å². The lowest BCUT2D eigenvalue weighted by molar-refractivity contribution is 0.208. The van der Waals surface area contributed by atoms with E-state index in [9.17, 15) is 0 Å². The Balaban J connectivity index is 2.76. The smallest absolute Gasteiger partial charge is 0.0827 e. The van der Waals surface area contributed by atoms with E-state index in [1.54, 1.807) is 6.92 Å². The summed E-state index contributed by atoms with van der Waals surface area (Å²) in [7, 11) is 1.91. The lowest BCUT2D eigenvalue weighted by Crippen LogP contribution is -2.16. The number of rotatable bonds is 3. The molecule has 74 valence electrons. The zero-order chi connectivity index (χ0) is 10.0. The van der Waals surface area contributed by atoms with E-state index in [1.165, 1.54) is 0 Å². The van der Waals surface area contributed by atoms with Gasteiger partial charge in [0.25, 0.3) is 0 Å². The first-order valence-corrected chi connectivity index (χ1v) is 4.44. The molecule has 4 heteroatoms. The highest BCUT2D eigenvalue weighted by Gasteiger charge is 2.08. The maximum atomic E-state index is 9.11. The zero-order valence-corrected chi connectivity index (χ0v) is 8.63. The van der Waals surface area contributed by atoms with Gasteiger partial charge in [0.2, 0.25) is 0 Å². The van der Waals surface area contributed by atoms with Crippen molar-refractivity contribution >= 4 is 5.69 Å². The molecule has 0 aliphatic heterocycles. The van der Waals surface area contributed by atoms with Crippen molar-refractivity contribution in [3.63, 3.8) is 0 Å². The second kappa shape index (κ2) is 3.79. The van der Waals surface area contributed by atoms with Gasteiger partial charge in [0.05, 0.1) is 23.2 Å². The normalized spacial score (nSPS) is 13.0. The second-order valence-electron chi connectivity index (χ2n) is 3.40. The molecule has 0 radical (unpaired) electrons. The van der Waals surface area contributed by atoms with Gasteiger partial charge < -0.3 is 10.4 Å². The molecule has 0 aliphatic carbocycles. The predicted molar refractivity (Wildman–Crippen MR) is 52.9 cm³/mol. The average molecular weight is 183 g/mol. The first kappa shape index (κ1) is 10.1. The standard InChI is InChI=1S/C9H17N3O/c1-6(13)5-10-9-7(2)11-12(4)8(9)3/h6,10,13H,5H2,1-4H3. The number of aliphatic hydroxyl groups is 1. The number of hydrogen-bond acceptors (Lipinski definition) is 3. The van der Waals surface area contributed by atoms with Gasteiger partial charge in [-0.05, 0) is 20.8 Å². The SMILES string of the molecule is Cc1nn(C)c(C)c1NCC(C)O. The molecule has 1 aromatic rings. The maximum Gasteiger partial charge on any atom is 0.0827 e. The van der Waals surface area contributed by atoms with Crippen molar-refractivity contribution < 1.29 is 5.11 Å². The highest BCUT2D eigenvalue weighted by atomic mass is 16.3. The molecule has 0 bridgehead atoms. The molecule has 0 fully saturated rings. The van der Waals surface area contributed by atoms with Gasteiger partial charge in [-0.15, -0.1) is 0 Å². The van der Waals surface area contributed by atoms with E-state index in [0.717, 1.165) is 17.1 Å². The molecule has 0 aromatic carbocycles. The fourth-order valence-electron chi connectivity index (χ4n) is 1.28. The molecule has 0 spiro atoms.